The average Bonchev–Trinajstić information content (AvgIpc) is 3.05. The molecule has 1 aromatic carbocycles. The number of nitrogens with zero attached hydrogens (tertiary/aromatic N) is 3. The lowest BCUT2D eigenvalue weighted by Crippen LogP contribution is -2.31. The summed E-state index contributed by atoms with van der Waals surface area (Å²) in [4.78, 5) is 0. The highest BCUT2D eigenvalue weighted by atomic mass is 15.2. The molecule has 0 fully saturated rings. The Bertz CT molecular complexity index is 1060. The Morgan fingerprint density at radius 2 is 1.70 bits per heavy atom. The molecule has 0 amide bonds. The Hall–Kier alpha value is -2.42. The van der Waals surface area contributed by atoms with Crippen LogP contribution in [0.15, 0.2) is 36.5 Å². The molecule has 116 valence electrons. The second-order valence-corrected chi connectivity index (χ2v) is 6.31. The molecule has 0 N–H and O–H groups in total. The molecular weight excluding hydrogens is 282 g/mol. The van der Waals surface area contributed by atoms with Crippen molar-refractivity contribution in [3.8, 4) is 0 Å². The lowest BCUT2D eigenvalue weighted by Gasteiger charge is -2.08. The van der Waals surface area contributed by atoms with Crippen molar-refractivity contribution in [2.75, 3.05) is 0 Å². The Labute approximate surface area is 136 Å². The van der Waals surface area contributed by atoms with Crippen LogP contribution in [0.3, 0.4) is 0 Å². The first-order valence-electron chi connectivity index (χ1n) is 8.38. The summed E-state index contributed by atoms with van der Waals surface area (Å²) in [7, 11) is 0. The summed E-state index contributed by atoms with van der Waals surface area (Å²) in [6, 6.07) is 11.1. The first kappa shape index (κ1) is 14.2. The van der Waals surface area contributed by atoms with Crippen molar-refractivity contribution in [3.63, 3.8) is 0 Å². The lowest BCUT2D eigenvalue weighted by molar-refractivity contribution is -0.553. The highest BCUT2D eigenvalue weighted by Crippen LogP contribution is 2.22. The van der Waals surface area contributed by atoms with Crippen LogP contribution in [0, 0.1) is 13.8 Å². The zero-order chi connectivity index (χ0) is 16.1. The van der Waals surface area contributed by atoms with E-state index in [-0.39, 0.29) is 0 Å². The molecule has 0 spiro atoms. The molecule has 0 saturated heterocycles. The summed E-state index contributed by atoms with van der Waals surface area (Å²) >= 11 is 0. The maximum atomic E-state index is 5.00. The number of rotatable bonds is 2. The van der Waals surface area contributed by atoms with Gasteiger partial charge in [-0.2, -0.15) is 0 Å². The van der Waals surface area contributed by atoms with Crippen LogP contribution in [-0.2, 0) is 12.8 Å². The van der Waals surface area contributed by atoms with E-state index in [1.165, 1.54) is 44.5 Å². The maximum Gasteiger partial charge on any atom is 0.263 e. The Kier molecular flexibility index (Phi) is 3.12. The van der Waals surface area contributed by atoms with Crippen LogP contribution in [0.4, 0.5) is 0 Å². The van der Waals surface area contributed by atoms with Gasteiger partial charge < -0.3 is 4.40 Å². The molecule has 4 rings (SSSR count). The van der Waals surface area contributed by atoms with Gasteiger partial charge in [0.1, 0.15) is 16.7 Å². The second-order valence-electron chi connectivity index (χ2n) is 6.31. The van der Waals surface area contributed by atoms with Crippen molar-refractivity contribution in [1.29, 1.82) is 0 Å². The van der Waals surface area contributed by atoms with Gasteiger partial charge in [0.15, 0.2) is 0 Å². The SMILES string of the molecule is CCc1cc2c3cccn3c3cc(C)c(C)cc3[n+]2nc1CC. The van der Waals surface area contributed by atoms with Crippen molar-refractivity contribution >= 4 is 22.1 Å². The number of aryl methyl sites for hydroxylation is 4. The lowest BCUT2D eigenvalue weighted by atomic mass is 10.1. The fourth-order valence-corrected chi connectivity index (χ4v) is 3.47. The number of benzene rings is 1. The third-order valence-corrected chi connectivity index (χ3v) is 4.94. The van der Waals surface area contributed by atoms with E-state index in [2.05, 4.69) is 73.1 Å². The summed E-state index contributed by atoms with van der Waals surface area (Å²) in [5, 5.41) is 5.00. The van der Waals surface area contributed by atoms with Crippen LogP contribution in [0.1, 0.15) is 36.2 Å². The first-order chi connectivity index (χ1) is 11.1. The molecular formula is C20H22N3+. The van der Waals surface area contributed by atoms with Gasteiger partial charge in [-0.05, 0) is 66.1 Å². The molecule has 3 nitrogen and oxygen atoms in total. The van der Waals surface area contributed by atoms with Crippen LogP contribution < -0.4 is 4.52 Å². The van der Waals surface area contributed by atoms with E-state index in [9.17, 15) is 0 Å². The minimum atomic E-state index is 0.963. The van der Waals surface area contributed by atoms with Gasteiger partial charge in [0.2, 0.25) is 0 Å². The predicted molar refractivity (Wildman–Crippen MR) is 94.1 cm³/mol. The predicted octanol–water partition coefficient (Wildman–Crippen LogP) is 3.97. The van der Waals surface area contributed by atoms with Crippen LogP contribution in [0.5, 0.6) is 0 Å². The van der Waals surface area contributed by atoms with Crippen LogP contribution in [0.25, 0.3) is 22.1 Å². The van der Waals surface area contributed by atoms with Crippen molar-refractivity contribution in [1.82, 2.24) is 9.50 Å². The van der Waals surface area contributed by atoms with Crippen molar-refractivity contribution in [2.45, 2.75) is 40.5 Å². The van der Waals surface area contributed by atoms with Crippen LogP contribution >= 0.6 is 0 Å². The Balaban J connectivity index is 2.30. The van der Waals surface area contributed by atoms with E-state index >= 15 is 0 Å². The highest BCUT2D eigenvalue weighted by Gasteiger charge is 2.20. The Morgan fingerprint density at radius 3 is 2.43 bits per heavy atom. The van der Waals surface area contributed by atoms with Crippen molar-refractivity contribution in [3.05, 3.63) is 58.9 Å². The molecule has 0 atom stereocenters. The van der Waals surface area contributed by atoms with E-state index in [0.717, 1.165) is 12.8 Å². The summed E-state index contributed by atoms with van der Waals surface area (Å²) in [5.74, 6) is 0. The summed E-state index contributed by atoms with van der Waals surface area (Å²) in [6.45, 7) is 8.73. The highest BCUT2D eigenvalue weighted by molar-refractivity contribution is 5.84. The molecule has 3 aromatic heterocycles. The van der Waals surface area contributed by atoms with Gasteiger partial charge in [0.05, 0.1) is 0 Å². The van der Waals surface area contributed by atoms with Gasteiger partial charge in [-0.1, -0.05) is 13.8 Å². The van der Waals surface area contributed by atoms with E-state index in [1.807, 2.05) is 0 Å². The molecule has 4 aromatic rings. The molecule has 0 bridgehead atoms. The van der Waals surface area contributed by atoms with E-state index in [1.54, 1.807) is 0 Å². The monoisotopic (exact) mass is 304 g/mol. The quantitative estimate of drug-likeness (QED) is 0.405. The summed E-state index contributed by atoms with van der Waals surface area (Å²) in [5.41, 5.74) is 9.93. The molecule has 0 radical (unpaired) electrons. The van der Waals surface area contributed by atoms with E-state index in [0.29, 0.717) is 0 Å². The van der Waals surface area contributed by atoms with Gasteiger partial charge in [-0.25, -0.2) is 0 Å². The minimum absolute atomic E-state index is 0.963. The Morgan fingerprint density at radius 1 is 0.957 bits per heavy atom. The van der Waals surface area contributed by atoms with Gasteiger partial charge in [-0.3, -0.25) is 0 Å². The average molecular weight is 304 g/mol. The normalized spacial score (nSPS) is 11.8. The number of aromatic nitrogens is 3. The topological polar surface area (TPSA) is 21.4 Å². The standard InChI is InChI=1S/C20H22N3/c1-5-15-12-20-17-8-7-9-22(17)18-10-13(3)14(4)11-19(18)23(20)21-16(15)6-2/h7-12H,5-6H2,1-4H3/q+1. The largest absolute Gasteiger partial charge is 0.305 e. The van der Waals surface area contributed by atoms with E-state index in [4.69, 9.17) is 5.10 Å². The van der Waals surface area contributed by atoms with Gasteiger partial charge in [0.25, 0.3) is 11.0 Å². The summed E-state index contributed by atoms with van der Waals surface area (Å²) < 4.78 is 4.42. The third-order valence-electron chi connectivity index (χ3n) is 4.94. The third kappa shape index (κ3) is 1.96. The van der Waals surface area contributed by atoms with Crippen LogP contribution in [0.2, 0.25) is 0 Å². The van der Waals surface area contributed by atoms with Gasteiger partial charge in [0, 0.05) is 23.4 Å². The summed E-state index contributed by atoms with van der Waals surface area (Å²) in [6.07, 6.45) is 4.13. The first-order valence-corrected chi connectivity index (χ1v) is 8.38. The molecule has 23 heavy (non-hydrogen) atoms. The molecule has 3 heterocycles. The number of hydrogen-bond acceptors (Lipinski definition) is 1. The van der Waals surface area contributed by atoms with Crippen molar-refractivity contribution in [2.24, 2.45) is 0 Å². The molecule has 0 unspecified atom stereocenters. The molecule has 0 aliphatic rings. The molecule has 3 heteroatoms. The minimum Gasteiger partial charge on any atom is -0.305 e. The van der Waals surface area contributed by atoms with Gasteiger partial charge in [-0.15, -0.1) is 0 Å². The number of fused-ring (bicyclic) bond motifs is 6. The molecule has 0 aliphatic carbocycles. The van der Waals surface area contributed by atoms with Crippen LogP contribution in [-0.4, -0.2) is 9.50 Å². The fraction of sp³-hybridized carbons (Fsp3) is 0.300. The molecule has 0 saturated carbocycles. The molecule has 0 aliphatic heterocycles. The maximum absolute atomic E-state index is 5.00. The number of hydrogen-bond donors (Lipinski definition) is 0. The van der Waals surface area contributed by atoms with E-state index < -0.39 is 0 Å². The fourth-order valence-electron chi connectivity index (χ4n) is 3.47. The second kappa shape index (κ2) is 5.05. The van der Waals surface area contributed by atoms with Gasteiger partial charge >= 0.3 is 0 Å². The van der Waals surface area contributed by atoms with Crippen molar-refractivity contribution < 1.29 is 4.52 Å². The zero-order valence-electron chi connectivity index (χ0n) is 14.2. The zero-order valence-corrected chi connectivity index (χ0v) is 14.2. The smallest absolute Gasteiger partial charge is 0.263 e.